The van der Waals surface area contributed by atoms with Gasteiger partial charge in [-0.3, -0.25) is 4.90 Å². The maximum atomic E-state index is 15.2. The number of piperidine rings is 1. The molecule has 1 aromatic carbocycles. The van der Waals surface area contributed by atoms with E-state index in [0.29, 0.717) is 24.6 Å². The number of benzene rings is 1. The molecule has 7 rings (SSSR count). The second-order valence-corrected chi connectivity index (χ2v) is 11.3. The molecular weight excluding hydrogens is 475 g/mol. The molecule has 3 aliphatic rings. The second kappa shape index (κ2) is 9.37. The maximum Gasteiger partial charge on any atom is 0.165 e. The minimum atomic E-state index is -0.296. The van der Waals surface area contributed by atoms with E-state index in [1.807, 2.05) is 12.3 Å². The Morgan fingerprint density at radius 1 is 1.03 bits per heavy atom. The predicted molar refractivity (Wildman–Crippen MR) is 142 cm³/mol. The highest BCUT2D eigenvalue weighted by molar-refractivity contribution is 7.19. The minimum Gasteiger partial charge on any atom is -0.378 e. The van der Waals surface area contributed by atoms with E-state index in [4.69, 9.17) is 14.7 Å². The van der Waals surface area contributed by atoms with Crippen molar-refractivity contribution in [1.29, 1.82) is 0 Å². The van der Waals surface area contributed by atoms with E-state index in [1.165, 1.54) is 43.3 Å². The first-order valence-electron chi connectivity index (χ1n) is 13.1. The van der Waals surface area contributed by atoms with Gasteiger partial charge in [0.15, 0.2) is 11.6 Å². The number of rotatable bonds is 5. The number of halogens is 1. The molecule has 0 aliphatic carbocycles. The van der Waals surface area contributed by atoms with Crippen LogP contribution in [0.3, 0.4) is 0 Å². The summed E-state index contributed by atoms with van der Waals surface area (Å²) in [6.07, 6.45) is 5.71. The standard InChI is InChI=1S/C27H31FN6OS/c28-21-2-3-22-20(4-7-29-22)24(21)26-30-23-16-19(17-32-10-5-18(6-11-32)33-8-1-9-33)36-25(23)27(31-26)34-12-14-35-15-13-34/h2-4,7,16,18,29H,1,5-6,8-15,17H2. The third kappa shape index (κ3) is 4.08. The molecule has 3 aromatic heterocycles. The quantitative estimate of drug-likeness (QED) is 0.431. The molecule has 188 valence electrons. The molecule has 0 atom stereocenters. The first kappa shape index (κ1) is 22.6. The number of hydrogen-bond acceptors (Lipinski definition) is 7. The highest BCUT2D eigenvalue weighted by Crippen LogP contribution is 2.37. The number of nitrogens with zero attached hydrogens (tertiary/aromatic N) is 5. The van der Waals surface area contributed by atoms with E-state index in [0.717, 1.165) is 65.7 Å². The number of H-pyrrole nitrogens is 1. The van der Waals surface area contributed by atoms with Gasteiger partial charge in [-0.1, -0.05) is 0 Å². The number of morpholine rings is 1. The molecule has 3 aliphatic heterocycles. The lowest BCUT2D eigenvalue weighted by molar-refractivity contribution is 0.0615. The lowest BCUT2D eigenvalue weighted by Crippen LogP contribution is -2.50. The maximum absolute atomic E-state index is 15.2. The van der Waals surface area contributed by atoms with Gasteiger partial charge in [0.25, 0.3) is 0 Å². The molecule has 3 saturated heterocycles. The molecule has 4 aromatic rings. The lowest BCUT2D eigenvalue weighted by atomic mass is 10.00. The monoisotopic (exact) mass is 506 g/mol. The highest BCUT2D eigenvalue weighted by atomic mass is 32.1. The number of hydrogen-bond donors (Lipinski definition) is 1. The number of aromatic amines is 1. The van der Waals surface area contributed by atoms with Gasteiger partial charge in [0.05, 0.1) is 29.0 Å². The molecule has 0 spiro atoms. The zero-order valence-electron chi connectivity index (χ0n) is 20.4. The average Bonchev–Trinajstić information content (AvgIpc) is 3.50. The van der Waals surface area contributed by atoms with Gasteiger partial charge in [-0.15, -0.1) is 11.3 Å². The summed E-state index contributed by atoms with van der Waals surface area (Å²) in [5.41, 5.74) is 2.26. The van der Waals surface area contributed by atoms with Crippen molar-refractivity contribution >= 4 is 38.3 Å². The molecule has 0 saturated carbocycles. The van der Waals surface area contributed by atoms with Gasteiger partial charge < -0.3 is 19.5 Å². The number of thiophene rings is 1. The van der Waals surface area contributed by atoms with Crippen LogP contribution in [0.4, 0.5) is 10.2 Å². The number of nitrogens with one attached hydrogen (secondary N) is 1. The van der Waals surface area contributed by atoms with E-state index < -0.39 is 0 Å². The van der Waals surface area contributed by atoms with Crippen LogP contribution in [0.5, 0.6) is 0 Å². The van der Waals surface area contributed by atoms with Crippen LogP contribution in [0, 0.1) is 5.82 Å². The summed E-state index contributed by atoms with van der Waals surface area (Å²) in [7, 11) is 0. The molecular formula is C27H31FN6OS. The Hall–Kier alpha value is -2.59. The van der Waals surface area contributed by atoms with Crippen LogP contribution in [0.15, 0.2) is 30.5 Å². The Labute approximate surface area is 213 Å². The van der Waals surface area contributed by atoms with Crippen molar-refractivity contribution < 1.29 is 9.13 Å². The number of likely N-dealkylation sites (tertiary alicyclic amines) is 2. The summed E-state index contributed by atoms with van der Waals surface area (Å²) in [5.74, 6) is 1.05. The fourth-order valence-electron chi connectivity index (χ4n) is 5.85. The molecule has 9 heteroatoms. The summed E-state index contributed by atoms with van der Waals surface area (Å²) in [6.45, 7) is 8.69. The van der Waals surface area contributed by atoms with Crippen molar-refractivity contribution in [3.63, 3.8) is 0 Å². The SMILES string of the molecule is Fc1ccc2[nH]ccc2c1-c1nc(N2CCOCC2)c2sc(CN3CCC(N4CCC4)CC3)cc2n1. The molecule has 3 fully saturated rings. The molecule has 7 nitrogen and oxygen atoms in total. The minimum absolute atomic E-state index is 0.296. The Kier molecular flexibility index (Phi) is 5.88. The zero-order chi connectivity index (χ0) is 24.1. The summed E-state index contributed by atoms with van der Waals surface area (Å²) in [5, 5.41) is 0.808. The molecule has 0 amide bonds. The third-order valence-electron chi connectivity index (χ3n) is 7.97. The largest absolute Gasteiger partial charge is 0.378 e. The van der Waals surface area contributed by atoms with Gasteiger partial charge in [-0.25, -0.2) is 14.4 Å². The summed E-state index contributed by atoms with van der Waals surface area (Å²) >= 11 is 1.79. The fourth-order valence-corrected chi connectivity index (χ4v) is 7.00. The molecule has 1 N–H and O–H groups in total. The Balaban J connectivity index is 1.24. The van der Waals surface area contributed by atoms with Crippen LogP contribution in [-0.2, 0) is 11.3 Å². The number of aromatic nitrogens is 3. The zero-order valence-corrected chi connectivity index (χ0v) is 21.2. The summed E-state index contributed by atoms with van der Waals surface area (Å²) < 4.78 is 21.8. The van der Waals surface area contributed by atoms with Crippen LogP contribution < -0.4 is 4.90 Å². The normalized spacial score (nSPS) is 20.4. The van der Waals surface area contributed by atoms with E-state index >= 15 is 4.39 Å². The van der Waals surface area contributed by atoms with Crippen molar-refractivity contribution in [2.24, 2.45) is 0 Å². The smallest absolute Gasteiger partial charge is 0.165 e. The van der Waals surface area contributed by atoms with E-state index in [1.54, 1.807) is 17.4 Å². The summed E-state index contributed by atoms with van der Waals surface area (Å²) in [6, 6.07) is 8.14. The predicted octanol–water partition coefficient (Wildman–Crippen LogP) is 4.49. The summed E-state index contributed by atoms with van der Waals surface area (Å²) in [4.78, 5) is 21.9. The Bertz CT molecular complexity index is 1380. The topological polar surface area (TPSA) is 60.5 Å². The van der Waals surface area contributed by atoms with Crippen LogP contribution in [-0.4, -0.2) is 83.3 Å². The fraction of sp³-hybridized carbons (Fsp3) is 0.481. The molecule has 0 radical (unpaired) electrons. The van der Waals surface area contributed by atoms with E-state index in [2.05, 4.69) is 25.8 Å². The van der Waals surface area contributed by atoms with Gasteiger partial charge in [0.2, 0.25) is 0 Å². The first-order valence-corrected chi connectivity index (χ1v) is 13.9. The van der Waals surface area contributed by atoms with E-state index in [-0.39, 0.29) is 5.82 Å². The lowest BCUT2D eigenvalue weighted by Gasteiger charge is -2.42. The van der Waals surface area contributed by atoms with Gasteiger partial charge in [-0.2, -0.15) is 0 Å². The molecule has 0 unspecified atom stereocenters. The van der Waals surface area contributed by atoms with Gasteiger partial charge in [0, 0.05) is 60.7 Å². The van der Waals surface area contributed by atoms with Crippen LogP contribution in [0.1, 0.15) is 24.1 Å². The van der Waals surface area contributed by atoms with E-state index in [9.17, 15) is 0 Å². The van der Waals surface area contributed by atoms with Crippen molar-refractivity contribution in [1.82, 2.24) is 24.8 Å². The van der Waals surface area contributed by atoms with Gasteiger partial charge in [0.1, 0.15) is 5.82 Å². The first-order chi connectivity index (χ1) is 17.7. The van der Waals surface area contributed by atoms with Crippen LogP contribution >= 0.6 is 11.3 Å². The molecule has 36 heavy (non-hydrogen) atoms. The van der Waals surface area contributed by atoms with Crippen molar-refractivity contribution in [2.45, 2.75) is 31.8 Å². The third-order valence-corrected chi connectivity index (χ3v) is 9.07. The molecule has 6 heterocycles. The van der Waals surface area contributed by atoms with Crippen molar-refractivity contribution in [2.75, 3.05) is 57.4 Å². The highest BCUT2D eigenvalue weighted by Gasteiger charge is 2.28. The van der Waals surface area contributed by atoms with Gasteiger partial charge in [-0.05, 0) is 56.6 Å². The Morgan fingerprint density at radius 2 is 1.86 bits per heavy atom. The van der Waals surface area contributed by atoms with Crippen molar-refractivity contribution in [3.05, 3.63) is 41.2 Å². The average molecular weight is 507 g/mol. The second-order valence-electron chi connectivity index (χ2n) is 10.2. The van der Waals surface area contributed by atoms with Crippen LogP contribution in [0.2, 0.25) is 0 Å². The van der Waals surface area contributed by atoms with Crippen molar-refractivity contribution in [3.8, 4) is 11.4 Å². The van der Waals surface area contributed by atoms with Crippen LogP contribution in [0.25, 0.3) is 32.5 Å². The number of fused-ring (bicyclic) bond motifs is 2. The van der Waals surface area contributed by atoms with Gasteiger partial charge >= 0.3 is 0 Å². The molecule has 0 bridgehead atoms. The number of ether oxygens (including phenoxy) is 1. The Morgan fingerprint density at radius 3 is 2.64 bits per heavy atom. The number of anilines is 1.